The number of nitrogens with zero attached hydrogens (tertiary/aromatic N) is 1. The zero-order chi connectivity index (χ0) is 24.5. The number of hydrogen-bond acceptors (Lipinski definition) is 4. The van der Waals surface area contributed by atoms with Gasteiger partial charge in [-0.25, -0.2) is 0 Å². The van der Waals surface area contributed by atoms with Gasteiger partial charge in [-0.15, -0.1) is 0 Å². The quantitative estimate of drug-likeness (QED) is 0.474. The van der Waals surface area contributed by atoms with Crippen LogP contribution in [-0.4, -0.2) is 30.9 Å². The second kappa shape index (κ2) is 11.9. The Morgan fingerprint density at radius 2 is 1.50 bits per heavy atom. The standard InChI is InChI=1S/C28H32N2O4/c1-20(2)28(32)30(19-21-14-16-24(33-3)17-15-21)26(22-10-6-5-7-11-22)27(31)29-18-23-12-8-9-13-25(23)34-4/h5-17,20,26H,18-19H2,1-4H3,(H,29,31)/t26-/m1/s1. The van der Waals surface area contributed by atoms with Crippen LogP contribution in [0.25, 0.3) is 0 Å². The molecule has 0 bridgehead atoms. The van der Waals surface area contributed by atoms with Crippen molar-refractivity contribution in [3.63, 3.8) is 0 Å². The Balaban J connectivity index is 1.93. The van der Waals surface area contributed by atoms with Crippen LogP contribution in [0.1, 0.15) is 36.6 Å². The van der Waals surface area contributed by atoms with E-state index in [0.29, 0.717) is 18.8 Å². The lowest BCUT2D eigenvalue weighted by Gasteiger charge is -2.33. The predicted octanol–water partition coefficient (Wildman–Crippen LogP) is 4.75. The van der Waals surface area contributed by atoms with Crippen LogP contribution in [0.15, 0.2) is 78.9 Å². The van der Waals surface area contributed by atoms with Crippen molar-refractivity contribution in [2.24, 2.45) is 5.92 Å². The van der Waals surface area contributed by atoms with Crippen molar-refractivity contribution in [2.45, 2.75) is 33.0 Å². The number of rotatable bonds is 10. The Morgan fingerprint density at radius 3 is 2.12 bits per heavy atom. The van der Waals surface area contributed by atoms with Gasteiger partial charge in [-0.3, -0.25) is 9.59 Å². The number of nitrogens with one attached hydrogen (secondary N) is 1. The van der Waals surface area contributed by atoms with E-state index in [1.807, 2.05) is 92.7 Å². The lowest BCUT2D eigenvalue weighted by Crippen LogP contribution is -2.44. The van der Waals surface area contributed by atoms with Gasteiger partial charge in [0, 0.05) is 24.6 Å². The molecule has 34 heavy (non-hydrogen) atoms. The Bertz CT molecular complexity index is 1080. The maximum Gasteiger partial charge on any atom is 0.247 e. The van der Waals surface area contributed by atoms with Crippen molar-refractivity contribution in [3.8, 4) is 11.5 Å². The van der Waals surface area contributed by atoms with E-state index in [4.69, 9.17) is 9.47 Å². The SMILES string of the molecule is COc1ccc(CN(C(=O)C(C)C)[C@@H](C(=O)NCc2ccccc2OC)c2ccccc2)cc1. The monoisotopic (exact) mass is 460 g/mol. The summed E-state index contributed by atoms with van der Waals surface area (Å²) in [7, 11) is 3.21. The molecule has 0 spiro atoms. The van der Waals surface area contributed by atoms with Crippen LogP contribution in [0, 0.1) is 5.92 Å². The van der Waals surface area contributed by atoms with Gasteiger partial charge in [0.05, 0.1) is 14.2 Å². The zero-order valence-electron chi connectivity index (χ0n) is 20.2. The van der Waals surface area contributed by atoms with Crippen LogP contribution in [0.2, 0.25) is 0 Å². The summed E-state index contributed by atoms with van der Waals surface area (Å²) < 4.78 is 10.7. The Labute approximate surface area is 201 Å². The molecule has 3 aromatic rings. The van der Waals surface area contributed by atoms with Crippen LogP contribution in [0.5, 0.6) is 11.5 Å². The molecular formula is C28H32N2O4. The minimum absolute atomic E-state index is 0.0999. The third-order valence-corrected chi connectivity index (χ3v) is 5.61. The van der Waals surface area contributed by atoms with Crippen molar-refractivity contribution >= 4 is 11.8 Å². The summed E-state index contributed by atoms with van der Waals surface area (Å²) in [5, 5.41) is 3.02. The molecule has 1 atom stereocenters. The molecule has 2 amide bonds. The maximum atomic E-state index is 13.6. The highest BCUT2D eigenvalue weighted by atomic mass is 16.5. The summed E-state index contributed by atoms with van der Waals surface area (Å²) in [5.74, 6) is 0.815. The molecule has 0 aromatic heterocycles. The number of para-hydroxylation sites is 1. The van der Waals surface area contributed by atoms with Gasteiger partial charge in [0.15, 0.2) is 0 Å². The largest absolute Gasteiger partial charge is 0.497 e. The Hall–Kier alpha value is -3.80. The number of amides is 2. The second-order valence-corrected chi connectivity index (χ2v) is 8.31. The molecule has 0 aliphatic carbocycles. The van der Waals surface area contributed by atoms with Gasteiger partial charge in [0.25, 0.3) is 0 Å². The molecule has 3 aromatic carbocycles. The lowest BCUT2D eigenvalue weighted by molar-refractivity contribution is -0.144. The first-order valence-corrected chi connectivity index (χ1v) is 11.3. The van der Waals surface area contributed by atoms with E-state index in [2.05, 4.69) is 5.32 Å². The third-order valence-electron chi connectivity index (χ3n) is 5.61. The van der Waals surface area contributed by atoms with E-state index in [-0.39, 0.29) is 17.7 Å². The van der Waals surface area contributed by atoms with Crippen molar-refractivity contribution in [1.82, 2.24) is 10.2 Å². The molecule has 0 aliphatic heterocycles. The molecule has 0 radical (unpaired) electrons. The van der Waals surface area contributed by atoms with Gasteiger partial charge < -0.3 is 19.7 Å². The molecule has 0 heterocycles. The van der Waals surface area contributed by atoms with Gasteiger partial charge in [0.1, 0.15) is 17.5 Å². The highest BCUT2D eigenvalue weighted by Gasteiger charge is 2.32. The van der Waals surface area contributed by atoms with E-state index in [0.717, 1.165) is 22.4 Å². The fraction of sp³-hybridized carbons (Fsp3) is 0.286. The summed E-state index contributed by atoms with van der Waals surface area (Å²) in [6.45, 7) is 4.28. The van der Waals surface area contributed by atoms with E-state index < -0.39 is 6.04 Å². The molecular weight excluding hydrogens is 428 g/mol. The lowest BCUT2D eigenvalue weighted by atomic mass is 10.0. The van der Waals surface area contributed by atoms with Crippen molar-refractivity contribution < 1.29 is 19.1 Å². The predicted molar refractivity (Wildman–Crippen MR) is 132 cm³/mol. The average molecular weight is 461 g/mol. The van der Waals surface area contributed by atoms with Crippen LogP contribution >= 0.6 is 0 Å². The highest BCUT2D eigenvalue weighted by Crippen LogP contribution is 2.27. The molecule has 1 N–H and O–H groups in total. The number of hydrogen-bond donors (Lipinski definition) is 1. The number of carbonyl (C=O) groups excluding carboxylic acids is 2. The maximum absolute atomic E-state index is 13.6. The summed E-state index contributed by atoms with van der Waals surface area (Å²) in [4.78, 5) is 28.6. The van der Waals surface area contributed by atoms with E-state index in [1.165, 1.54) is 0 Å². The summed E-state index contributed by atoms with van der Waals surface area (Å²) in [6.07, 6.45) is 0. The van der Waals surface area contributed by atoms with Crippen LogP contribution in [0.4, 0.5) is 0 Å². The number of methoxy groups -OCH3 is 2. The van der Waals surface area contributed by atoms with Gasteiger partial charge in [-0.2, -0.15) is 0 Å². The number of carbonyl (C=O) groups is 2. The van der Waals surface area contributed by atoms with Gasteiger partial charge in [-0.1, -0.05) is 74.5 Å². The second-order valence-electron chi connectivity index (χ2n) is 8.31. The molecule has 0 unspecified atom stereocenters. The first-order chi connectivity index (χ1) is 16.4. The number of benzene rings is 3. The smallest absolute Gasteiger partial charge is 0.247 e. The van der Waals surface area contributed by atoms with Crippen molar-refractivity contribution in [1.29, 1.82) is 0 Å². The molecule has 0 fully saturated rings. The van der Waals surface area contributed by atoms with Crippen molar-refractivity contribution in [2.75, 3.05) is 14.2 Å². The summed E-state index contributed by atoms with van der Waals surface area (Å²) in [5.41, 5.74) is 2.53. The van der Waals surface area contributed by atoms with E-state index in [1.54, 1.807) is 19.1 Å². The molecule has 6 nitrogen and oxygen atoms in total. The fourth-order valence-corrected chi connectivity index (χ4v) is 3.79. The van der Waals surface area contributed by atoms with Crippen LogP contribution < -0.4 is 14.8 Å². The summed E-state index contributed by atoms with van der Waals surface area (Å²) >= 11 is 0. The topological polar surface area (TPSA) is 67.9 Å². The fourth-order valence-electron chi connectivity index (χ4n) is 3.79. The first-order valence-electron chi connectivity index (χ1n) is 11.3. The molecule has 0 saturated carbocycles. The summed E-state index contributed by atoms with van der Waals surface area (Å²) in [6, 6.07) is 23.7. The Morgan fingerprint density at radius 1 is 0.853 bits per heavy atom. The van der Waals surface area contributed by atoms with Gasteiger partial charge >= 0.3 is 0 Å². The minimum Gasteiger partial charge on any atom is -0.497 e. The minimum atomic E-state index is -0.784. The number of ether oxygens (including phenoxy) is 2. The molecule has 178 valence electrons. The van der Waals surface area contributed by atoms with E-state index >= 15 is 0 Å². The highest BCUT2D eigenvalue weighted by molar-refractivity contribution is 5.89. The third kappa shape index (κ3) is 6.16. The zero-order valence-corrected chi connectivity index (χ0v) is 20.2. The van der Waals surface area contributed by atoms with Crippen LogP contribution in [0.3, 0.4) is 0 Å². The molecule has 3 rings (SSSR count). The van der Waals surface area contributed by atoms with Crippen molar-refractivity contribution in [3.05, 3.63) is 95.6 Å². The molecule has 0 aliphatic rings. The molecule has 0 saturated heterocycles. The van der Waals surface area contributed by atoms with E-state index in [9.17, 15) is 9.59 Å². The molecule has 6 heteroatoms. The van der Waals surface area contributed by atoms with Crippen LogP contribution in [-0.2, 0) is 22.7 Å². The average Bonchev–Trinajstić information content (AvgIpc) is 2.87. The normalized spacial score (nSPS) is 11.6. The van der Waals surface area contributed by atoms with Gasteiger partial charge in [0.2, 0.25) is 11.8 Å². The van der Waals surface area contributed by atoms with Gasteiger partial charge in [-0.05, 0) is 29.3 Å². The Kier molecular flexibility index (Phi) is 8.68. The first kappa shape index (κ1) is 24.8.